The first kappa shape index (κ1) is 35.0. The van der Waals surface area contributed by atoms with E-state index in [9.17, 15) is 18.0 Å². The highest BCUT2D eigenvalue weighted by Gasteiger charge is 2.34. The largest absolute Gasteiger partial charge is 0.497 e. The monoisotopic (exact) mass is 657 g/mol. The molecule has 0 radical (unpaired) electrons. The Balaban J connectivity index is 1.80. The topological polar surface area (TPSA) is 105 Å². The summed E-state index contributed by atoms with van der Waals surface area (Å²) < 4.78 is 40.2. The number of anilines is 1. The number of nitrogens with one attached hydrogen (secondary N) is 1. The summed E-state index contributed by atoms with van der Waals surface area (Å²) in [5.41, 5.74) is 2.78. The van der Waals surface area contributed by atoms with Crippen LogP contribution in [0.1, 0.15) is 36.5 Å². The normalized spacial score (nSPS) is 11.7. The van der Waals surface area contributed by atoms with Gasteiger partial charge in [0.25, 0.3) is 10.0 Å². The minimum absolute atomic E-state index is 0.0456. The third kappa shape index (κ3) is 9.36. The summed E-state index contributed by atoms with van der Waals surface area (Å²) in [6.07, 6.45) is 1.92. The standard InChI is InChI=1S/C37H43N3O6S/c1-5-6-23-38-37(42)35(25-29-11-8-7-9-12-29)39(26-30-13-10-14-33(24-30)46-4)36(41)27-40(31-17-19-32(45-3)20-18-31)47(43,44)34-21-15-28(2)16-22-34/h7-22,24,35H,5-6,23,25-27H2,1-4H3,(H,38,42). The van der Waals surface area contributed by atoms with E-state index in [0.717, 1.165) is 33.8 Å². The molecule has 1 N–H and O–H groups in total. The average molecular weight is 658 g/mol. The van der Waals surface area contributed by atoms with Crippen LogP contribution in [0.5, 0.6) is 11.5 Å². The van der Waals surface area contributed by atoms with E-state index < -0.39 is 28.5 Å². The van der Waals surface area contributed by atoms with Gasteiger partial charge >= 0.3 is 0 Å². The number of unbranched alkanes of at least 4 members (excludes halogenated alkanes) is 1. The molecule has 4 aromatic carbocycles. The molecule has 0 fully saturated rings. The molecule has 0 saturated carbocycles. The molecule has 2 amide bonds. The second-order valence-corrected chi connectivity index (χ2v) is 13.1. The van der Waals surface area contributed by atoms with Crippen LogP contribution in [0.3, 0.4) is 0 Å². The van der Waals surface area contributed by atoms with Crippen molar-refractivity contribution in [1.82, 2.24) is 10.2 Å². The zero-order chi connectivity index (χ0) is 33.8. The summed E-state index contributed by atoms with van der Waals surface area (Å²) in [5, 5.41) is 3.00. The van der Waals surface area contributed by atoms with Gasteiger partial charge in [-0.1, -0.05) is 73.5 Å². The van der Waals surface area contributed by atoms with E-state index in [0.29, 0.717) is 18.0 Å². The smallest absolute Gasteiger partial charge is 0.264 e. The van der Waals surface area contributed by atoms with Gasteiger partial charge in [-0.05, 0) is 73.0 Å². The molecule has 248 valence electrons. The lowest BCUT2D eigenvalue weighted by atomic mass is 10.0. The van der Waals surface area contributed by atoms with Crippen LogP contribution in [0.25, 0.3) is 0 Å². The van der Waals surface area contributed by atoms with E-state index in [-0.39, 0.29) is 29.5 Å². The first-order chi connectivity index (χ1) is 22.7. The Hall–Kier alpha value is -4.83. The maximum Gasteiger partial charge on any atom is 0.264 e. The Kier molecular flexibility index (Phi) is 12.4. The van der Waals surface area contributed by atoms with Crippen molar-refractivity contribution in [3.63, 3.8) is 0 Å². The van der Waals surface area contributed by atoms with Crippen molar-refractivity contribution in [1.29, 1.82) is 0 Å². The minimum Gasteiger partial charge on any atom is -0.497 e. The molecule has 0 aliphatic rings. The summed E-state index contributed by atoms with van der Waals surface area (Å²) in [5.74, 6) is 0.296. The molecular weight excluding hydrogens is 614 g/mol. The molecule has 0 bridgehead atoms. The number of benzene rings is 4. The van der Waals surface area contributed by atoms with Crippen LogP contribution in [0.2, 0.25) is 0 Å². The highest BCUT2D eigenvalue weighted by atomic mass is 32.2. The van der Waals surface area contributed by atoms with Gasteiger partial charge in [0.1, 0.15) is 24.1 Å². The molecule has 47 heavy (non-hydrogen) atoms. The van der Waals surface area contributed by atoms with Crippen LogP contribution < -0.4 is 19.1 Å². The zero-order valence-electron chi connectivity index (χ0n) is 27.4. The SMILES string of the molecule is CCCCNC(=O)C(Cc1ccccc1)N(Cc1cccc(OC)c1)C(=O)CN(c1ccc(OC)cc1)S(=O)(=O)c1ccc(C)cc1. The number of aryl methyl sites for hydroxylation is 1. The molecule has 4 rings (SSSR count). The van der Waals surface area contributed by atoms with E-state index in [1.807, 2.05) is 56.3 Å². The van der Waals surface area contributed by atoms with Crippen molar-refractivity contribution < 1.29 is 27.5 Å². The van der Waals surface area contributed by atoms with Crippen LogP contribution in [0.15, 0.2) is 108 Å². The average Bonchev–Trinajstić information content (AvgIpc) is 3.09. The molecule has 0 aliphatic heterocycles. The Morgan fingerprint density at radius 2 is 1.47 bits per heavy atom. The molecule has 1 unspecified atom stereocenters. The molecule has 0 aromatic heterocycles. The molecule has 10 heteroatoms. The van der Waals surface area contributed by atoms with Gasteiger partial charge in [0.2, 0.25) is 11.8 Å². The van der Waals surface area contributed by atoms with Crippen molar-refractivity contribution in [2.24, 2.45) is 0 Å². The van der Waals surface area contributed by atoms with Crippen LogP contribution >= 0.6 is 0 Å². The number of hydrogen-bond acceptors (Lipinski definition) is 6. The van der Waals surface area contributed by atoms with E-state index >= 15 is 0 Å². The fourth-order valence-electron chi connectivity index (χ4n) is 5.14. The fraction of sp³-hybridized carbons (Fsp3) is 0.297. The Morgan fingerprint density at radius 3 is 2.11 bits per heavy atom. The van der Waals surface area contributed by atoms with Gasteiger partial charge in [-0.2, -0.15) is 0 Å². The van der Waals surface area contributed by atoms with Crippen LogP contribution in [-0.4, -0.2) is 58.5 Å². The number of methoxy groups -OCH3 is 2. The van der Waals surface area contributed by atoms with Crippen molar-refractivity contribution in [2.75, 3.05) is 31.6 Å². The van der Waals surface area contributed by atoms with Gasteiger partial charge in [0.05, 0.1) is 24.8 Å². The van der Waals surface area contributed by atoms with E-state index in [1.165, 1.54) is 24.1 Å². The summed E-state index contributed by atoms with van der Waals surface area (Å²) in [6.45, 7) is 3.88. The van der Waals surface area contributed by atoms with E-state index in [1.54, 1.807) is 55.6 Å². The van der Waals surface area contributed by atoms with Crippen LogP contribution in [0.4, 0.5) is 5.69 Å². The van der Waals surface area contributed by atoms with E-state index in [2.05, 4.69) is 5.32 Å². The summed E-state index contributed by atoms with van der Waals surface area (Å²) in [4.78, 5) is 30.0. The first-order valence-corrected chi connectivity index (χ1v) is 17.1. The highest BCUT2D eigenvalue weighted by Crippen LogP contribution is 2.27. The van der Waals surface area contributed by atoms with Crippen molar-refractivity contribution in [3.05, 3.63) is 120 Å². The summed E-state index contributed by atoms with van der Waals surface area (Å²) in [6, 6.07) is 28.8. The van der Waals surface area contributed by atoms with Gasteiger partial charge in [-0.3, -0.25) is 13.9 Å². The van der Waals surface area contributed by atoms with Crippen molar-refractivity contribution in [2.45, 2.75) is 50.6 Å². The predicted octanol–water partition coefficient (Wildman–Crippen LogP) is 5.76. The van der Waals surface area contributed by atoms with Crippen molar-refractivity contribution in [3.8, 4) is 11.5 Å². The second kappa shape index (κ2) is 16.6. The molecule has 0 aliphatic carbocycles. The predicted molar refractivity (Wildman–Crippen MR) is 184 cm³/mol. The number of sulfonamides is 1. The number of hydrogen-bond donors (Lipinski definition) is 1. The maximum absolute atomic E-state index is 14.6. The maximum atomic E-state index is 14.6. The Morgan fingerprint density at radius 1 is 0.809 bits per heavy atom. The molecule has 0 spiro atoms. The van der Waals surface area contributed by atoms with Crippen LogP contribution in [-0.2, 0) is 32.6 Å². The molecule has 1 atom stereocenters. The number of carbonyl (C=O) groups excluding carboxylic acids is 2. The number of carbonyl (C=O) groups is 2. The molecule has 0 heterocycles. The molecule has 9 nitrogen and oxygen atoms in total. The van der Waals surface area contributed by atoms with Crippen LogP contribution in [0, 0.1) is 6.92 Å². The Bertz CT molecular complexity index is 1710. The highest BCUT2D eigenvalue weighted by molar-refractivity contribution is 7.92. The fourth-order valence-corrected chi connectivity index (χ4v) is 6.56. The van der Waals surface area contributed by atoms with E-state index in [4.69, 9.17) is 9.47 Å². The third-order valence-electron chi connectivity index (χ3n) is 7.84. The second-order valence-electron chi connectivity index (χ2n) is 11.2. The summed E-state index contributed by atoms with van der Waals surface area (Å²) >= 11 is 0. The van der Waals surface area contributed by atoms with Gasteiger partial charge in [-0.15, -0.1) is 0 Å². The lowest BCUT2D eigenvalue weighted by Gasteiger charge is -2.34. The summed E-state index contributed by atoms with van der Waals surface area (Å²) in [7, 11) is -1.12. The number of nitrogens with zero attached hydrogens (tertiary/aromatic N) is 2. The van der Waals surface area contributed by atoms with Gasteiger partial charge in [-0.25, -0.2) is 8.42 Å². The van der Waals surface area contributed by atoms with Crippen molar-refractivity contribution >= 4 is 27.5 Å². The number of rotatable bonds is 16. The number of amides is 2. The quantitative estimate of drug-likeness (QED) is 0.154. The number of ether oxygens (including phenoxy) is 2. The Labute approximate surface area is 278 Å². The molecular formula is C37H43N3O6S. The van der Waals surface area contributed by atoms with Gasteiger partial charge in [0, 0.05) is 19.5 Å². The lowest BCUT2D eigenvalue weighted by Crippen LogP contribution is -2.53. The van der Waals surface area contributed by atoms with Gasteiger partial charge < -0.3 is 19.7 Å². The molecule has 4 aromatic rings. The zero-order valence-corrected chi connectivity index (χ0v) is 28.2. The third-order valence-corrected chi connectivity index (χ3v) is 9.62. The van der Waals surface area contributed by atoms with Gasteiger partial charge in [0.15, 0.2) is 0 Å². The molecule has 0 saturated heterocycles. The lowest BCUT2D eigenvalue weighted by molar-refractivity contribution is -0.140. The minimum atomic E-state index is -4.20. The first-order valence-electron chi connectivity index (χ1n) is 15.6.